The summed E-state index contributed by atoms with van der Waals surface area (Å²) in [4.78, 5) is 0. The van der Waals surface area contributed by atoms with E-state index in [1.165, 1.54) is 12.1 Å². The van der Waals surface area contributed by atoms with Gasteiger partial charge in [-0.25, -0.2) is 4.39 Å². The molecule has 0 fully saturated rings. The van der Waals surface area contributed by atoms with Crippen LogP contribution in [0.1, 0.15) is 5.56 Å². The molecule has 0 bridgehead atoms. The van der Waals surface area contributed by atoms with Crippen LogP contribution in [-0.4, -0.2) is 0 Å². The minimum Gasteiger partial charge on any atom is -0.452 e. The maximum Gasteiger partial charge on any atom is 0.167 e. The third-order valence-corrected chi connectivity index (χ3v) is 2.92. The van der Waals surface area contributed by atoms with Crippen LogP contribution in [0, 0.1) is 5.82 Å². The van der Waals surface area contributed by atoms with E-state index in [2.05, 4.69) is 0 Å². The monoisotopic (exact) mass is 285 g/mol. The number of para-hydroxylation sites is 1. The number of ether oxygens (including phenoxy) is 1. The maximum absolute atomic E-state index is 13.7. The van der Waals surface area contributed by atoms with Crippen molar-refractivity contribution in [1.82, 2.24) is 0 Å². The van der Waals surface area contributed by atoms with Gasteiger partial charge in [0.2, 0.25) is 0 Å². The second-order valence-electron chi connectivity index (χ2n) is 3.61. The average Bonchev–Trinajstić information content (AvgIpc) is 2.36. The fourth-order valence-electron chi connectivity index (χ4n) is 1.49. The van der Waals surface area contributed by atoms with Crippen molar-refractivity contribution in [2.45, 2.75) is 6.54 Å². The Hall–Kier alpha value is -1.29. The van der Waals surface area contributed by atoms with E-state index in [4.69, 9.17) is 33.7 Å². The van der Waals surface area contributed by atoms with Crippen molar-refractivity contribution in [3.8, 4) is 11.5 Å². The number of hydrogen-bond donors (Lipinski definition) is 1. The molecule has 0 heterocycles. The van der Waals surface area contributed by atoms with Crippen LogP contribution >= 0.6 is 23.2 Å². The Balaban J connectivity index is 2.42. The van der Waals surface area contributed by atoms with E-state index < -0.39 is 5.82 Å². The molecule has 0 atom stereocenters. The molecule has 2 rings (SSSR count). The first kappa shape index (κ1) is 13.1. The highest BCUT2D eigenvalue weighted by molar-refractivity contribution is 6.34. The highest BCUT2D eigenvalue weighted by Crippen LogP contribution is 2.34. The summed E-state index contributed by atoms with van der Waals surface area (Å²) in [6.07, 6.45) is 0. The van der Waals surface area contributed by atoms with E-state index in [1.54, 1.807) is 24.3 Å². The predicted octanol–water partition coefficient (Wildman–Crippen LogP) is 4.38. The van der Waals surface area contributed by atoms with E-state index in [-0.39, 0.29) is 12.3 Å². The Morgan fingerprint density at radius 1 is 1.17 bits per heavy atom. The number of rotatable bonds is 3. The lowest BCUT2D eigenvalue weighted by atomic mass is 10.2. The van der Waals surface area contributed by atoms with Gasteiger partial charge in [0.05, 0.1) is 5.02 Å². The zero-order valence-electron chi connectivity index (χ0n) is 9.29. The summed E-state index contributed by atoms with van der Waals surface area (Å²) < 4.78 is 19.2. The molecule has 0 unspecified atom stereocenters. The Kier molecular flexibility index (Phi) is 4.07. The summed E-state index contributed by atoms with van der Waals surface area (Å²) in [6, 6.07) is 9.30. The molecule has 0 spiro atoms. The topological polar surface area (TPSA) is 35.2 Å². The molecule has 2 N–H and O–H groups in total. The molecule has 0 radical (unpaired) electrons. The van der Waals surface area contributed by atoms with Gasteiger partial charge in [-0.1, -0.05) is 35.3 Å². The van der Waals surface area contributed by atoms with Gasteiger partial charge >= 0.3 is 0 Å². The third-order valence-electron chi connectivity index (χ3n) is 2.37. The van der Waals surface area contributed by atoms with Crippen molar-refractivity contribution < 1.29 is 9.13 Å². The van der Waals surface area contributed by atoms with E-state index in [0.29, 0.717) is 21.4 Å². The third kappa shape index (κ3) is 2.75. The molecule has 94 valence electrons. The number of hydrogen-bond acceptors (Lipinski definition) is 2. The normalized spacial score (nSPS) is 10.4. The van der Waals surface area contributed by atoms with Gasteiger partial charge in [-0.3, -0.25) is 0 Å². The smallest absolute Gasteiger partial charge is 0.167 e. The maximum atomic E-state index is 13.7. The van der Waals surface area contributed by atoms with Crippen LogP contribution in [0.5, 0.6) is 11.5 Å². The van der Waals surface area contributed by atoms with Gasteiger partial charge in [-0.05, 0) is 18.2 Å². The quantitative estimate of drug-likeness (QED) is 0.908. The second kappa shape index (κ2) is 5.57. The summed E-state index contributed by atoms with van der Waals surface area (Å²) in [5, 5.41) is 0.811. The summed E-state index contributed by atoms with van der Waals surface area (Å²) in [6.45, 7) is 0.172. The van der Waals surface area contributed by atoms with Gasteiger partial charge in [-0.15, -0.1) is 0 Å². The molecule has 2 aromatic carbocycles. The van der Waals surface area contributed by atoms with Gasteiger partial charge in [0, 0.05) is 23.2 Å². The molecule has 2 nitrogen and oxygen atoms in total. The fourth-order valence-corrected chi connectivity index (χ4v) is 1.81. The van der Waals surface area contributed by atoms with Crippen molar-refractivity contribution in [2.24, 2.45) is 5.73 Å². The summed E-state index contributed by atoms with van der Waals surface area (Å²) in [5.41, 5.74) is 6.10. The first-order valence-electron chi connectivity index (χ1n) is 5.22. The van der Waals surface area contributed by atoms with Crippen molar-refractivity contribution in [2.75, 3.05) is 0 Å². The molecule has 0 saturated carbocycles. The van der Waals surface area contributed by atoms with Crippen LogP contribution in [0.4, 0.5) is 4.39 Å². The molecular weight excluding hydrogens is 276 g/mol. The molecule has 2 aromatic rings. The first-order valence-corrected chi connectivity index (χ1v) is 5.97. The van der Waals surface area contributed by atoms with Crippen molar-refractivity contribution in [3.05, 3.63) is 57.8 Å². The van der Waals surface area contributed by atoms with Gasteiger partial charge in [0.25, 0.3) is 0 Å². The Labute approximate surface area is 114 Å². The Morgan fingerprint density at radius 2 is 1.94 bits per heavy atom. The van der Waals surface area contributed by atoms with Gasteiger partial charge < -0.3 is 10.5 Å². The molecule has 0 aliphatic heterocycles. The zero-order chi connectivity index (χ0) is 13.1. The van der Waals surface area contributed by atoms with Crippen LogP contribution in [0.15, 0.2) is 36.4 Å². The Morgan fingerprint density at radius 3 is 2.67 bits per heavy atom. The van der Waals surface area contributed by atoms with E-state index >= 15 is 0 Å². The molecular formula is C13H10Cl2FNO. The van der Waals surface area contributed by atoms with E-state index in [1.807, 2.05) is 0 Å². The van der Waals surface area contributed by atoms with Gasteiger partial charge in [0.15, 0.2) is 11.6 Å². The number of halogens is 3. The molecule has 0 aromatic heterocycles. The number of benzene rings is 2. The second-order valence-corrected chi connectivity index (χ2v) is 4.45. The van der Waals surface area contributed by atoms with Crippen LogP contribution in [0.3, 0.4) is 0 Å². The van der Waals surface area contributed by atoms with Crippen LogP contribution in [-0.2, 0) is 6.54 Å². The lowest BCUT2D eigenvalue weighted by Gasteiger charge is -2.12. The highest BCUT2D eigenvalue weighted by atomic mass is 35.5. The van der Waals surface area contributed by atoms with Crippen molar-refractivity contribution in [3.63, 3.8) is 0 Å². The van der Waals surface area contributed by atoms with Crippen LogP contribution in [0.25, 0.3) is 0 Å². The average molecular weight is 286 g/mol. The van der Waals surface area contributed by atoms with Gasteiger partial charge in [0.1, 0.15) is 5.75 Å². The lowest BCUT2D eigenvalue weighted by Crippen LogP contribution is -2.01. The minimum atomic E-state index is -0.492. The fraction of sp³-hybridized carbons (Fsp3) is 0.0769. The Bertz CT molecular complexity index is 575. The van der Waals surface area contributed by atoms with Crippen molar-refractivity contribution >= 4 is 23.2 Å². The van der Waals surface area contributed by atoms with Gasteiger partial charge in [-0.2, -0.15) is 0 Å². The lowest BCUT2D eigenvalue weighted by molar-refractivity contribution is 0.436. The predicted molar refractivity (Wildman–Crippen MR) is 70.8 cm³/mol. The standard InChI is InChI=1S/C13H10Cl2FNO/c14-9-4-5-10(15)12(6-9)18-13-8(7-17)2-1-3-11(13)16/h1-6H,7,17H2. The van der Waals surface area contributed by atoms with E-state index in [0.717, 1.165) is 0 Å². The molecule has 0 amide bonds. The van der Waals surface area contributed by atoms with Crippen molar-refractivity contribution in [1.29, 1.82) is 0 Å². The van der Waals surface area contributed by atoms with E-state index in [9.17, 15) is 4.39 Å². The van der Waals surface area contributed by atoms with Crippen LogP contribution < -0.4 is 10.5 Å². The number of nitrogens with two attached hydrogens (primary N) is 1. The summed E-state index contributed by atoms with van der Waals surface area (Å²) in [5.74, 6) is -0.123. The van der Waals surface area contributed by atoms with Crippen LogP contribution in [0.2, 0.25) is 10.0 Å². The molecule has 18 heavy (non-hydrogen) atoms. The highest BCUT2D eigenvalue weighted by Gasteiger charge is 2.12. The SMILES string of the molecule is NCc1cccc(F)c1Oc1cc(Cl)ccc1Cl. The molecule has 0 aliphatic rings. The first-order chi connectivity index (χ1) is 8.61. The molecule has 5 heteroatoms. The molecule has 0 saturated heterocycles. The minimum absolute atomic E-state index is 0.0733. The largest absolute Gasteiger partial charge is 0.452 e. The summed E-state index contributed by atoms with van der Waals surface area (Å²) in [7, 11) is 0. The summed E-state index contributed by atoms with van der Waals surface area (Å²) >= 11 is 11.8. The molecule has 0 aliphatic carbocycles. The zero-order valence-corrected chi connectivity index (χ0v) is 10.8.